The van der Waals surface area contributed by atoms with Gasteiger partial charge in [-0.3, -0.25) is 19.7 Å². The highest BCUT2D eigenvalue weighted by atomic mass is 32.1. The van der Waals surface area contributed by atoms with E-state index in [9.17, 15) is 14.4 Å². The SMILES string of the molecule is CCc1nnc(NC(=O)c2cccc(N3C(=O)c4ccccc4C3=O)c2)s1. The van der Waals surface area contributed by atoms with Gasteiger partial charge in [0.2, 0.25) is 5.13 Å². The van der Waals surface area contributed by atoms with Gasteiger partial charge in [0, 0.05) is 5.56 Å². The van der Waals surface area contributed by atoms with Crippen LogP contribution in [-0.2, 0) is 6.42 Å². The van der Waals surface area contributed by atoms with E-state index in [0.29, 0.717) is 27.5 Å². The van der Waals surface area contributed by atoms with Crippen molar-refractivity contribution >= 4 is 39.9 Å². The number of imide groups is 1. The van der Waals surface area contributed by atoms with Crippen LogP contribution in [0.4, 0.5) is 10.8 Å². The summed E-state index contributed by atoms with van der Waals surface area (Å²) in [5, 5.41) is 11.8. The molecule has 1 aliphatic rings. The number of hydrogen-bond acceptors (Lipinski definition) is 6. The minimum absolute atomic E-state index is 0.317. The highest BCUT2D eigenvalue weighted by Gasteiger charge is 2.36. The van der Waals surface area contributed by atoms with Crippen LogP contribution in [-0.4, -0.2) is 27.9 Å². The Morgan fingerprint density at radius 3 is 2.37 bits per heavy atom. The first-order chi connectivity index (χ1) is 13.1. The number of fused-ring (bicyclic) bond motifs is 1. The zero-order chi connectivity index (χ0) is 19.0. The number of carbonyl (C=O) groups is 3. The number of benzene rings is 2. The fourth-order valence-corrected chi connectivity index (χ4v) is 3.50. The molecule has 8 heteroatoms. The molecule has 1 aromatic heterocycles. The number of nitrogens with one attached hydrogen (secondary N) is 1. The zero-order valence-electron chi connectivity index (χ0n) is 14.3. The molecule has 0 spiro atoms. The van der Waals surface area contributed by atoms with Crippen LogP contribution >= 0.6 is 11.3 Å². The Kier molecular flexibility index (Phi) is 4.25. The van der Waals surface area contributed by atoms with E-state index < -0.39 is 11.8 Å². The number of rotatable bonds is 4. The highest BCUT2D eigenvalue weighted by Crippen LogP contribution is 2.29. The first-order valence-electron chi connectivity index (χ1n) is 8.30. The van der Waals surface area contributed by atoms with Gasteiger partial charge in [0.25, 0.3) is 17.7 Å². The van der Waals surface area contributed by atoms with E-state index in [1.54, 1.807) is 42.5 Å². The van der Waals surface area contributed by atoms with E-state index in [4.69, 9.17) is 0 Å². The molecule has 0 aliphatic carbocycles. The Morgan fingerprint density at radius 1 is 1.04 bits per heavy atom. The number of hydrogen-bond donors (Lipinski definition) is 1. The van der Waals surface area contributed by atoms with Crippen LogP contribution in [0.2, 0.25) is 0 Å². The van der Waals surface area contributed by atoms with Gasteiger partial charge in [-0.05, 0) is 36.8 Å². The number of nitrogens with zero attached hydrogens (tertiary/aromatic N) is 3. The third kappa shape index (κ3) is 3.00. The second-order valence-corrected chi connectivity index (χ2v) is 6.91. The van der Waals surface area contributed by atoms with Crippen LogP contribution in [0.1, 0.15) is 43.0 Å². The van der Waals surface area contributed by atoms with Gasteiger partial charge in [-0.15, -0.1) is 10.2 Å². The summed E-state index contributed by atoms with van der Waals surface area (Å²) >= 11 is 1.30. The van der Waals surface area contributed by atoms with E-state index in [1.165, 1.54) is 17.4 Å². The normalized spacial score (nSPS) is 13.0. The maximum absolute atomic E-state index is 12.6. The van der Waals surface area contributed by atoms with Crippen molar-refractivity contribution in [2.45, 2.75) is 13.3 Å². The van der Waals surface area contributed by atoms with Gasteiger partial charge in [0.1, 0.15) is 5.01 Å². The van der Waals surface area contributed by atoms with Crippen LogP contribution in [0.25, 0.3) is 0 Å². The van der Waals surface area contributed by atoms with E-state index in [2.05, 4.69) is 15.5 Å². The second-order valence-electron chi connectivity index (χ2n) is 5.85. The number of carbonyl (C=O) groups excluding carboxylic acids is 3. The first kappa shape index (κ1) is 17.0. The molecular formula is C19H14N4O3S. The third-order valence-corrected chi connectivity index (χ3v) is 5.13. The van der Waals surface area contributed by atoms with Gasteiger partial charge in [-0.25, -0.2) is 4.90 Å². The minimum atomic E-state index is -0.398. The average molecular weight is 378 g/mol. The van der Waals surface area contributed by atoms with Crippen molar-refractivity contribution in [1.82, 2.24) is 10.2 Å². The first-order valence-corrected chi connectivity index (χ1v) is 9.11. The van der Waals surface area contributed by atoms with Crippen LogP contribution in [0, 0.1) is 0 Å². The molecule has 0 radical (unpaired) electrons. The van der Waals surface area contributed by atoms with Crippen molar-refractivity contribution in [1.29, 1.82) is 0 Å². The predicted molar refractivity (Wildman–Crippen MR) is 101 cm³/mol. The average Bonchev–Trinajstić information content (AvgIpc) is 3.25. The number of anilines is 2. The molecule has 7 nitrogen and oxygen atoms in total. The standard InChI is InChI=1S/C19H14N4O3S/c1-2-15-21-22-19(27-15)20-16(24)11-6-5-7-12(10-11)23-17(25)13-8-3-4-9-14(13)18(23)26/h3-10H,2H2,1H3,(H,20,22,24). The molecular weight excluding hydrogens is 364 g/mol. The molecule has 1 N–H and O–H groups in total. The number of aromatic nitrogens is 2. The fraction of sp³-hybridized carbons (Fsp3) is 0.105. The Hall–Kier alpha value is -3.39. The quantitative estimate of drug-likeness (QED) is 0.704. The van der Waals surface area contributed by atoms with Crippen molar-refractivity contribution < 1.29 is 14.4 Å². The molecule has 27 heavy (non-hydrogen) atoms. The molecule has 0 saturated heterocycles. The van der Waals surface area contributed by atoms with Crippen molar-refractivity contribution in [2.24, 2.45) is 0 Å². The summed E-state index contributed by atoms with van der Waals surface area (Å²) in [5.41, 5.74) is 1.38. The monoisotopic (exact) mass is 378 g/mol. The molecule has 2 aromatic carbocycles. The third-order valence-electron chi connectivity index (χ3n) is 4.15. The number of amides is 3. The zero-order valence-corrected chi connectivity index (χ0v) is 15.1. The predicted octanol–water partition coefficient (Wildman–Crippen LogP) is 3.15. The minimum Gasteiger partial charge on any atom is -0.296 e. The topological polar surface area (TPSA) is 92.3 Å². The lowest BCUT2D eigenvalue weighted by Gasteiger charge is -2.14. The van der Waals surface area contributed by atoms with Gasteiger partial charge < -0.3 is 0 Å². The lowest BCUT2D eigenvalue weighted by atomic mass is 10.1. The molecule has 3 aromatic rings. The second kappa shape index (κ2) is 6.73. The van der Waals surface area contributed by atoms with Gasteiger partial charge in [-0.2, -0.15) is 0 Å². The molecule has 0 unspecified atom stereocenters. The van der Waals surface area contributed by atoms with Gasteiger partial charge in [0.15, 0.2) is 0 Å². The van der Waals surface area contributed by atoms with E-state index in [0.717, 1.165) is 16.3 Å². The molecule has 3 amide bonds. The molecule has 1 aliphatic heterocycles. The molecule has 134 valence electrons. The largest absolute Gasteiger partial charge is 0.296 e. The van der Waals surface area contributed by atoms with Crippen molar-refractivity contribution in [2.75, 3.05) is 10.2 Å². The molecule has 0 bridgehead atoms. The Labute approximate surface area is 158 Å². The van der Waals surface area contributed by atoms with Crippen LogP contribution in [0.5, 0.6) is 0 Å². The highest BCUT2D eigenvalue weighted by molar-refractivity contribution is 7.15. The maximum Gasteiger partial charge on any atom is 0.266 e. The van der Waals surface area contributed by atoms with Gasteiger partial charge >= 0.3 is 0 Å². The molecule has 0 fully saturated rings. The van der Waals surface area contributed by atoms with E-state index >= 15 is 0 Å². The van der Waals surface area contributed by atoms with Gasteiger partial charge in [0.05, 0.1) is 16.8 Å². The lowest BCUT2D eigenvalue weighted by molar-refractivity contribution is 0.0924. The summed E-state index contributed by atoms with van der Waals surface area (Å²) in [7, 11) is 0. The molecule has 4 rings (SSSR count). The fourth-order valence-electron chi connectivity index (χ4n) is 2.83. The van der Waals surface area contributed by atoms with Crippen LogP contribution < -0.4 is 10.2 Å². The Balaban J connectivity index is 1.60. The van der Waals surface area contributed by atoms with Crippen molar-refractivity contribution in [3.8, 4) is 0 Å². The molecule has 0 saturated carbocycles. The van der Waals surface area contributed by atoms with Crippen molar-refractivity contribution in [3.05, 3.63) is 70.2 Å². The van der Waals surface area contributed by atoms with Gasteiger partial charge in [-0.1, -0.05) is 36.5 Å². The Morgan fingerprint density at radius 2 is 1.74 bits per heavy atom. The van der Waals surface area contributed by atoms with Crippen LogP contribution in [0.3, 0.4) is 0 Å². The number of aryl methyl sites for hydroxylation is 1. The summed E-state index contributed by atoms with van der Waals surface area (Å²) in [6, 6.07) is 13.0. The lowest BCUT2D eigenvalue weighted by Crippen LogP contribution is -2.29. The Bertz CT molecular complexity index is 1040. The smallest absolute Gasteiger partial charge is 0.266 e. The summed E-state index contributed by atoms with van der Waals surface area (Å²) in [6.07, 6.45) is 0.739. The maximum atomic E-state index is 12.6. The van der Waals surface area contributed by atoms with Crippen molar-refractivity contribution in [3.63, 3.8) is 0 Å². The summed E-state index contributed by atoms with van der Waals surface area (Å²) < 4.78 is 0. The summed E-state index contributed by atoms with van der Waals surface area (Å²) in [5.74, 6) is -1.18. The molecule has 0 atom stereocenters. The summed E-state index contributed by atoms with van der Waals surface area (Å²) in [4.78, 5) is 38.8. The summed E-state index contributed by atoms with van der Waals surface area (Å²) in [6.45, 7) is 1.96. The molecule has 2 heterocycles. The van der Waals surface area contributed by atoms with E-state index in [-0.39, 0.29) is 5.91 Å². The van der Waals surface area contributed by atoms with E-state index in [1.807, 2.05) is 6.92 Å². The van der Waals surface area contributed by atoms with Crippen LogP contribution in [0.15, 0.2) is 48.5 Å².